The van der Waals surface area contributed by atoms with Gasteiger partial charge in [0.25, 0.3) is 8.32 Å². The minimum absolute atomic E-state index is 0.0232. The van der Waals surface area contributed by atoms with E-state index in [1.165, 1.54) is 27.9 Å². The molecule has 2 aliphatic heterocycles. The van der Waals surface area contributed by atoms with Crippen LogP contribution in [0.3, 0.4) is 0 Å². The van der Waals surface area contributed by atoms with Crippen molar-refractivity contribution in [2.24, 2.45) is 17.8 Å². The lowest BCUT2D eigenvalue weighted by molar-refractivity contribution is -0.143. The number of ether oxygens (including phenoxy) is 1. The number of hydrogen-bond donors (Lipinski definition) is 1. The first-order chi connectivity index (χ1) is 24.6. The molecule has 2 heterocycles. The van der Waals surface area contributed by atoms with Gasteiger partial charge in [0.2, 0.25) is 11.8 Å². The van der Waals surface area contributed by atoms with Crippen molar-refractivity contribution in [3.8, 4) is 5.75 Å². The number of benzene rings is 3. The van der Waals surface area contributed by atoms with Crippen LogP contribution in [0, 0.1) is 17.8 Å². The first-order valence-corrected chi connectivity index (χ1v) is 20.9. The molecule has 1 N–H and O–H groups in total. The number of rotatable bonds is 10. The normalized spacial score (nSPS) is 24.6. The van der Waals surface area contributed by atoms with Crippen molar-refractivity contribution in [1.82, 2.24) is 4.90 Å². The van der Waals surface area contributed by atoms with Crippen LogP contribution in [0.1, 0.15) is 84.6 Å². The van der Waals surface area contributed by atoms with E-state index in [0.29, 0.717) is 19.6 Å². The molecule has 0 bridgehead atoms. The first kappa shape index (κ1) is 35.6. The first-order valence-electron chi connectivity index (χ1n) is 19.0. The van der Waals surface area contributed by atoms with E-state index in [4.69, 9.17) is 9.16 Å². The Labute approximate surface area is 304 Å². The topological polar surface area (TPSA) is 76.1 Å². The van der Waals surface area contributed by atoms with Crippen LogP contribution in [-0.2, 0) is 18.8 Å². The Balaban J connectivity index is 1.25. The minimum atomic E-state index is -2.85. The Morgan fingerprint density at radius 2 is 1.51 bits per heavy atom. The lowest BCUT2D eigenvalue weighted by atomic mass is 9.69. The van der Waals surface area contributed by atoms with E-state index in [9.17, 15) is 14.7 Å². The van der Waals surface area contributed by atoms with Gasteiger partial charge in [0.15, 0.2) is 0 Å². The molecule has 4 aliphatic rings. The van der Waals surface area contributed by atoms with Crippen LogP contribution in [0.15, 0.2) is 102 Å². The Hall–Kier alpha value is -3.78. The summed E-state index contributed by atoms with van der Waals surface area (Å²) in [6.45, 7) is 9.89. The zero-order chi connectivity index (χ0) is 35.8. The number of carbonyl (C=O) groups excluding carboxylic acids is 2. The number of imide groups is 1. The number of nitrogens with zero attached hydrogens (tertiary/aromatic N) is 1. The van der Waals surface area contributed by atoms with Gasteiger partial charge in [-0.25, -0.2) is 0 Å². The van der Waals surface area contributed by atoms with E-state index in [0.717, 1.165) is 49.7 Å². The van der Waals surface area contributed by atoms with Crippen LogP contribution >= 0.6 is 0 Å². The summed E-state index contributed by atoms with van der Waals surface area (Å²) in [5.74, 6) is -0.520. The zero-order valence-corrected chi connectivity index (χ0v) is 31.6. The molecule has 4 atom stereocenters. The van der Waals surface area contributed by atoms with Crippen LogP contribution in [0.2, 0.25) is 5.04 Å². The fourth-order valence-electron chi connectivity index (χ4n) is 9.57. The highest BCUT2D eigenvalue weighted by Crippen LogP contribution is 2.51. The van der Waals surface area contributed by atoms with Gasteiger partial charge in [-0.15, -0.1) is 0 Å². The maximum absolute atomic E-state index is 14.3. The van der Waals surface area contributed by atoms with Crippen molar-refractivity contribution in [2.75, 3.05) is 13.2 Å². The average molecular weight is 704 g/mol. The molecule has 268 valence electrons. The van der Waals surface area contributed by atoms with Gasteiger partial charge in [-0.3, -0.25) is 14.5 Å². The molecule has 2 saturated heterocycles. The lowest BCUT2D eigenvalue weighted by Crippen LogP contribution is -2.66. The highest BCUT2D eigenvalue weighted by Gasteiger charge is 2.59. The smallest absolute Gasteiger partial charge is 0.261 e. The molecule has 0 spiro atoms. The predicted octanol–water partition coefficient (Wildman–Crippen LogP) is 7.80. The van der Waals surface area contributed by atoms with Gasteiger partial charge in [0, 0.05) is 12.0 Å². The van der Waals surface area contributed by atoms with Crippen LogP contribution in [0.4, 0.5) is 0 Å². The van der Waals surface area contributed by atoms with Gasteiger partial charge in [-0.05, 0) is 83.3 Å². The molecule has 2 amide bonds. The molecule has 6 nitrogen and oxygen atoms in total. The highest BCUT2D eigenvalue weighted by atomic mass is 28.4. The second-order valence-electron chi connectivity index (χ2n) is 16.2. The monoisotopic (exact) mass is 703 g/mol. The van der Waals surface area contributed by atoms with Crippen LogP contribution in [0.5, 0.6) is 5.75 Å². The number of carbonyl (C=O) groups is 2. The van der Waals surface area contributed by atoms with E-state index < -0.39 is 8.32 Å². The fourth-order valence-corrected chi connectivity index (χ4v) is 14.1. The van der Waals surface area contributed by atoms with Gasteiger partial charge in [0.1, 0.15) is 5.75 Å². The fraction of sp³-hybridized carbons (Fsp3) is 0.455. The molecule has 0 unspecified atom stereocenters. The molecule has 1 saturated carbocycles. The Bertz CT molecular complexity index is 1730. The molecule has 0 radical (unpaired) electrons. The number of aromatic hydroxyl groups is 1. The summed E-state index contributed by atoms with van der Waals surface area (Å²) >= 11 is 0. The van der Waals surface area contributed by atoms with Crippen LogP contribution in [0.25, 0.3) is 6.08 Å². The Morgan fingerprint density at radius 3 is 2.12 bits per heavy atom. The van der Waals surface area contributed by atoms with Gasteiger partial charge >= 0.3 is 0 Å². The molecule has 7 heteroatoms. The maximum Gasteiger partial charge on any atom is 0.261 e. The quantitative estimate of drug-likeness (QED) is 0.133. The molecule has 7 rings (SSSR count). The van der Waals surface area contributed by atoms with Gasteiger partial charge < -0.3 is 14.3 Å². The molecular weight excluding hydrogens is 651 g/mol. The van der Waals surface area contributed by atoms with Crippen LogP contribution in [-0.4, -0.2) is 55.5 Å². The molecule has 3 aromatic carbocycles. The van der Waals surface area contributed by atoms with E-state index in [2.05, 4.69) is 94.4 Å². The minimum Gasteiger partial charge on any atom is -0.508 e. The van der Waals surface area contributed by atoms with Crippen molar-refractivity contribution in [3.05, 3.63) is 107 Å². The number of hydrogen-bond acceptors (Lipinski definition) is 5. The van der Waals surface area contributed by atoms with Crippen molar-refractivity contribution in [3.63, 3.8) is 0 Å². The van der Waals surface area contributed by atoms with Crippen molar-refractivity contribution in [2.45, 2.75) is 96.2 Å². The number of phenols is 1. The van der Waals surface area contributed by atoms with E-state index >= 15 is 0 Å². The van der Waals surface area contributed by atoms with Gasteiger partial charge in [-0.1, -0.05) is 124 Å². The largest absolute Gasteiger partial charge is 0.508 e. The molecule has 3 aromatic rings. The standard InChI is InChI=1S/C44H53NO5Si/c1-30(26-31-21-23-34(46)24-22-31)20-25-39-40-32(27-37-41(38(40)29-49-39)43(48)45(42(37)47)33-14-8-5-9-15-33)28-50-51(44(2,3)4,35-16-10-6-11-17-35)36-18-12-7-13-19-36/h6-7,10-13,16-19,21-24,26,33,37-39,41,46H,5,8-9,14-15,20,25,27-29H2,1-4H3/b30-26+/t37-,38+,39-,41-/m1/s1. The van der Waals surface area contributed by atoms with E-state index in [1.54, 1.807) is 17.0 Å². The summed E-state index contributed by atoms with van der Waals surface area (Å²) in [6, 6.07) is 28.7. The van der Waals surface area contributed by atoms with Gasteiger partial charge in [-0.2, -0.15) is 0 Å². The molecular formula is C44H53NO5Si. The zero-order valence-electron chi connectivity index (χ0n) is 30.6. The van der Waals surface area contributed by atoms with Crippen molar-refractivity contribution in [1.29, 1.82) is 0 Å². The summed E-state index contributed by atoms with van der Waals surface area (Å²) in [6.07, 6.45) is 9.34. The molecule has 2 aliphatic carbocycles. The van der Waals surface area contributed by atoms with E-state index in [1.807, 2.05) is 12.1 Å². The van der Waals surface area contributed by atoms with Gasteiger partial charge in [0.05, 0.1) is 31.2 Å². The third-order valence-electron chi connectivity index (χ3n) is 12.0. The number of phenolic OH excluding ortho intramolecular Hbond substituents is 1. The molecule has 51 heavy (non-hydrogen) atoms. The molecule has 0 aromatic heterocycles. The second kappa shape index (κ2) is 14.7. The summed E-state index contributed by atoms with van der Waals surface area (Å²) < 4.78 is 14.2. The second-order valence-corrected chi connectivity index (χ2v) is 20.5. The third-order valence-corrected chi connectivity index (χ3v) is 17.0. The lowest BCUT2D eigenvalue weighted by Gasteiger charge is -2.44. The Kier molecular flexibility index (Phi) is 10.3. The van der Waals surface area contributed by atoms with Crippen LogP contribution < -0.4 is 10.4 Å². The highest BCUT2D eigenvalue weighted by molar-refractivity contribution is 6.99. The van der Waals surface area contributed by atoms with Crippen molar-refractivity contribution >= 4 is 36.6 Å². The predicted molar refractivity (Wildman–Crippen MR) is 205 cm³/mol. The summed E-state index contributed by atoms with van der Waals surface area (Å²) in [5, 5.41) is 12.0. The third kappa shape index (κ3) is 6.81. The number of fused-ring (bicyclic) bond motifs is 3. The van der Waals surface area contributed by atoms with Crippen molar-refractivity contribution < 1.29 is 23.9 Å². The summed E-state index contributed by atoms with van der Waals surface area (Å²) in [5.41, 5.74) is 4.64. The van der Waals surface area contributed by atoms with E-state index in [-0.39, 0.29) is 52.5 Å². The SMILES string of the molecule is C/C(=C\c1ccc(O)cc1)CC[C@H]1OC[C@H]2C1=C(CO[Si](c1ccccc1)(c1ccccc1)C(C)(C)C)C[C@H]1C(=O)N(C3CCCCC3)C(=O)[C@H]12. The number of amides is 2. The summed E-state index contributed by atoms with van der Waals surface area (Å²) in [7, 11) is -2.85. The molecule has 3 fully saturated rings. The maximum atomic E-state index is 14.3. The number of likely N-dealkylation sites (tertiary alicyclic amines) is 1. The number of allylic oxidation sites excluding steroid dienone is 1. The summed E-state index contributed by atoms with van der Waals surface area (Å²) in [4.78, 5) is 30.2. The Morgan fingerprint density at radius 1 is 0.882 bits per heavy atom. The average Bonchev–Trinajstić information content (AvgIpc) is 3.67.